The van der Waals surface area contributed by atoms with E-state index in [0.29, 0.717) is 12.2 Å². The topological polar surface area (TPSA) is 30.5 Å². The summed E-state index contributed by atoms with van der Waals surface area (Å²) in [4.78, 5) is 0. The first kappa shape index (κ1) is 12.2. The molecule has 0 spiro atoms. The van der Waals surface area contributed by atoms with Gasteiger partial charge in [-0.1, -0.05) is 0 Å². The Morgan fingerprint density at radius 2 is 2.21 bits per heavy atom. The number of hydrogen-bond acceptors (Lipinski definition) is 3. The molecule has 2 heterocycles. The van der Waals surface area contributed by atoms with Crippen LogP contribution in [0, 0.1) is 0 Å². The second-order valence-electron chi connectivity index (χ2n) is 3.94. The van der Waals surface area contributed by atoms with E-state index in [9.17, 15) is 0 Å². The Morgan fingerprint density at radius 1 is 1.29 bits per heavy atom. The lowest BCUT2D eigenvalue weighted by atomic mass is 10.1. The molecule has 2 aliphatic heterocycles. The van der Waals surface area contributed by atoms with Crippen LogP contribution in [0.3, 0.4) is 0 Å². The summed E-state index contributed by atoms with van der Waals surface area (Å²) in [7, 11) is 0. The molecule has 14 heavy (non-hydrogen) atoms. The van der Waals surface area contributed by atoms with Gasteiger partial charge >= 0.3 is 0 Å². The first-order valence-electron chi connectivity index (χ1n) is 5.39. The standard InChI is InChI=1S/C10H19NO2.ClH/c1-3-9(7-11-5-1)13-8-10-4-2-6-12-10;/h9-11H,1-8H2;1H. The Morgan fingerprint density at radius 3 is 2.86 bits per heavy atom. The average Bonchev–Trinajstić information content (AvgIpc) is 2.69. The molecule has 2 rings (SSSR count). The average molecular weight is 222 g/mol. The van der Waals surface area contributed by atoms with Gasteiger partial charge in [-0.25, -0.2) is 0 Å². The fourth-order valence-corrected chi connectivity index (χ4v) is 1.98. The smallest absolute Gasteiger partial charge is 0.0809 e. The molecule has 2 saturated heterocycles. The lowest BCUT2D eigenvalue weighted by Gasteiger charge is -2.24. The van der Waals surface area contributed by atoms with Gasteiger partial charge in [0.05, 0.1) is 18.8 Å². The highest BCUT2D eigenvalue weighted by Crippen LogP contribution is 2.14. The number of nitrogens with one attached hydrogen (secondary N) is 1. The van der Waals surface area contributed by atoms with Gasteiger partial charge in [-0.2, -0.15) is 0 Å². The molecule has 0 radical (unpaired) electrons. The van der Waals surface area contributed by atoms with E-state index >= 15 is 0 Å². The highest BCUT2D eigenvalue weighted by atomic mass is 35.5. The predicted octanol–water partition coefficient (Wildman–Crippen LogP) is 1.36. The molecule has 0 aliphatic carbocycles. The Bertz CT molecular complexity index is 145. The SMILES string of the molecule is C1CNCC(OCC2CCCO2)C1.Cl. The molecule has 0 aromatic rings. The summed E-state index contributed by atoms with van der Waals surface area (Å²) >= 11 is 0. The number of ether oxygens (including phenoxy) is 2. The van der Waals surface area contributed by atoms with E-state index in [1.54, 1.807) is 0 Å². The van der Waals surface area contributed by atoms with Crippen LogP contribution in [0.25, 0.3) is 0 Å². The van der Waals surface area contributed by atoms with Gasteiger partial charge in [0.25, 0.3) is 0 Å². The first-order chi connectivity index (χ1) is 6.45. The van der Waals surface area contributed by atoms with E-state index < -0.39 is 0 Å². The minimum atomic E-state index is 0. The second-order valence-corrected chi connectivity index (χ2v) is 3.94. The van der Waals surface area contributed by atoms with Crippen LogP contribution >= 0.6 is 12.4 Å². The Hall–Kier alpha value is 0.170. The van der Waals surface area contributed by atoms with Crippen LogP contribution in [-0.4, -0.2) is 38.5 Å². The van der Waals surface area contributed by atoms with Crippen molar-refractivity contribution >= 4 is 12.4 Å². The number of rotatable bonds is 3. The zero-order chi connectivity index (χ0) is 8.93. The Balaban J connectivity index is 0.000000980. The van der Waals surface area contributed by atoms with E-state index in [1.165, 1.54) is 25.7 Å². The maximum atomic E-state index is 5.78. The number of piperidine rings is 1. The monoisotopic (exact) mass is 221 g/mol. The van der Waals surface area contributed by atoms with Gasteiger partial charge in [-0.05, 0) is 32.2 Å². The van der Waals surface area contributed by atoms with Gasteiger partial charge in [0, 0.05) is 13.2 Å². The lowest BCUT2D eigenvalue weighted by molar-refractivity contribution is -0.0274. The summed E-state index contributed by atoms with van der Waals surface area (Å²) in [6, 6.07) is 0. The van der Waals surface area contributed by atoms with Crippen LogP contribution in [0.5, 0.6) is 0 Å². The maximum absolute atomic E-state index is 5.78. The largest absolute Gasteiger partial charge is 0.376 e. The minimum absolute atomic E-state index is 0. The molecule has 0 saturated carbocycles. The van der Waals surface area contributed by atoms with Gasteiger partial charge < -0.3 is 14.8 Å². The predicted molar refractivity (Wildman–Crippen MR) is 58.1 cm³/mol. The highest BCUT2D eigenvalue weighted by Gasteiger charge is 2.19. The second kappa shape index (κ2) is 6.62. The van der Waals surface area contributed by atoms with Crippen molar-refractivity contribution in [2.75, 3.05) is 26.3 Å². The normalized spacial score (nSPS) is 32.6. The van der Waals surface area contributed by atoms with E-state index in [4.69, 9.17) is 9.47 Å². The van der Waals surface area contributed by atoms with Crippen molar-refractivity contribution in [2.45, 2.75) is 37.9 Å². The molecule has 2 fully saturated rings. The van der Waals surface area contributed by atoms with E-state index in [1.807, 2.05) is 0 Å². The Kier molecular flexibility index (Phi) is 5.78. The fraction of sp³-hybridized carbons (Fsp3) is 1.00. The highest BCUT2D eigenvalue weighted by molar-refractivity contribution is 5.85. The van der Waals surface area contributed by atoms with Crippen LogP contribution in [-0.2, 0) is 9.47 Å². The molecule has 84 valence electrons. The third-order valence-electron chi connectivity index (χ3n) is 2.79. The van der Waals surface area contributed by atoms with Crippen LogP contribution in [0.15, 0.2) is 0 Å². The summed E-state index contributed by atoms with van der Waals surface area (Å²) in [5.41, 5.74) is 0. The van der Waals surface area contributed by atoms with E-state index in [0.717, 1.165) is 26.3 Å². The summed E-state index contributed by atoms with van der Waals surface area (Å²) in [6.45, 7) is 3.90. The van der Waals surface area contributed by atoms with Gasteiger partial charge in [-0.3, -0.25) is 0 Å². The third-order valence-corrected chi connectivity index (χ3v) is 2.79. The van der Waals surface area contributed by atoms with Crippen molar-refractivity contribution in [3.05, 3.63) is 0 Å². The van der Waals surface area contributed by atoms with Crippen LogP contribution in [0.1, 0.15) is 25.7 Å². The number of hydrogen-bond donors (Lipinski definition) is 1. The van der Waals surface area contributed by atoms with Crippen LogP contribution < -0.4 is 5.32 Å². The van der Waals surface area contributed by atoms with E-state index in [-0.39, 0.29) is 12.4 Å². The molecular formula is C10H20ClNO2. The van der Waals surface area contributed by atoms with Crippen molar-refractivity contribution in [3.8, 4) is 0 Å². The molecule has 0 aromatic heterocycles. The molecule has 0 amide bonds. The number of halogens is 1. The minimum Gasteiger partial charge on any atom is -0.376 e. The van der Waals surface area contributed by atoms with Crippen molar-refractivity contribution in [2.24, 2.45) is 0 Å². The van der Waals surface area contributed by atoms with E-state index in [2.05, 4.69) is 5.32 Å². The van der Waals surface area contributed by atoms with Crippen LogP contribution in [0.2, 0.25) is 0 Å². The molecular weight excluding hydrogens is 202 g/mol. The third kappa shape index (κ3) is 3.73. The zero-order valence-corrected chi connectivity index (χ0v) is 9.35. The van der Waals surface area contributed by atoms with Crippen molar-refractivity contribution in [3.63, 3.8) is 0 Å². The van der Waals surface area contributed by atoms with Crippen molar-refractivity contribution < 1.29 is 9.47 Å². The molecule has 0 aromatic carbocycles. The quantitative estimate of drug-likeness (QED) is 0.781. The molecule has 0 bridgehead atoms. The molecule has 2 unspecified atom stereocenters. The lowest BCUT2D eigenvalue weighted by Crippen LogP contribution is -2.36. The zero-order valence-electron chi connectivity index (χ0n) is 8.54. The Labute approximate surface area is 91.9 Å². The molecule has 2 atom stereocenters. The molecule has 3 nitrogen and oxygen atoms in total. The van der Waals surface area contributed by atoms with Crippen molar-refractivity contribution in [1.82, 2.24) is 5.32 Å². The summed E-state index contributed by atoms with van der Waals surface area (Å²) in [5, 5.41) is 3.34. The van der Waals surface area contributed by atoms with Gasteiger partial charge in [0.15, 0.2) is 0 Å². The molecule has 4 heteroatoms. The molecule has 2 aliphatic rings. The van der Waals surface area contributed by atoms with Crippen LogP contribution in [0.4, 0.5) is 0 Å². The van der Waals surface area contributed by atoms with Crippen molar-refractivity contribution in [1.29, 1.82) is 0 Å². The van der Waals surface area contributed by atoms with Gasteiger partial charge in [0.1, 0.15) is 0 Å². The summed E-state index contributed by atoms with van der Waals surface area (Å²) < 4.78 is 11.3. The van der Waals surface area contributed by atoms with Gasteiger partial charge in [-0.15, -0.1) is 12.4 Å². The maximum Gasteiger partial charge on any atom is 0.0809 e. The summed E-state index contributed by atoms with van der Waals surface area (Å²) in [5.74, 6) is 0. The summed E-state index contributed by atoms with van der Waals surface area (Å²) in [6.07, 6.45) is 5.65. The van der Waals surface area contributed by atoms with Gasteiger partial charge in [0.2, 0.25) is 0 Å². The first-order valence-corrected chi connectivity index (χ1v) is 5.39. The fourth-order valence-electron chi connectivity index (χ4n) is 1.98. The molecule has 1 N–H and O–H groups in total.